The molecular weight excluding hydrogens is 589 g/mol. The number of benzene rings is 7. The summed E-state index contributed by atoms with van der Waals surface area (Å²) in [5.74, 6) is 3.32. The molecular formula is C43H28N4O. The zero-order chi connectivity index (χ0) is 31.9. The number of hydrogen-bond donors (Lipinski definition) is 0. The van der Waals surface area contributed by atoms with E-state index in [1.165, 1.54) is 0 Å². The van der Waals surface area contributed by atoms with Gasteiger partial charge in [-0.05, 0) is 48.0 Å². The van der Waals surface area contributed by atoms with Crippen LogP contribution < -0.4 is 9.64 Å². The van der Waals surface area contributed by atoms with Crippen molar-refractivity contribution in [3.8, 4) is 56.8 Å². The summed E-state index contributed by atoms with van der Waals surface area (Å²) < 4.78 is 6.85. The van der Waals surface area contributed by atoms with E-state index in [1.807, 2.05) is 78.9 Å². The Morgan fingerprint density at radius 3 is 1.50 bits per heavy atom. The van der Waals surface area contributed by atoms with Crippen molar-refractivity contribution in [2.75, 3.05) is 4.90 Å². The van der Waals surface area contributed by atoms with Gasteiger partial charge in [-0.25, -0.2) is 15.0 Å². The van der Waals surface area contributed by atoms with Crippen LogP contribution in [-0.4, -0.2) is 15.0 Å². The van der Waals surface area contributed by atoms with Crippen LogP contribution in [0.3, 0.4) is 0 Å². The van der Waals surface area contributed by atoms with E-state index in [0.29, 0.717) is 17.5 Å². The van der Waals surface area contributed by atoms with Crippen molar-refractivity contribution in [2.24, 2.45) is 0 Å². The highest BCUT2D eigenvalue weighted by Gasteiger charge is 2.27. The van der Waals surface area contributed by atoms with Gasteiger partial charge in [0.1, 0.15) is 11.5 Å². The second-order valence-electron chi connectivity index (χ2n) is 11.6. The summed E-state index contributed by atoms with van der Waals surface area (Å²) in [6.07, 6.45) is 0. The SMILES string of the molecule is c1ccc(-c2nc(-c3ccccc3)nc(-c3cccc4c3Oc3ccc(N(c5ccccc5)c5ccccc5)c5cccc-4c35)n2)cc1. The molecule has 0 saturated heterocycles. The number of rotatable bonds is 6. The number of nitrogens with zero attached hydrogens (tertiary/aromatic N) is 4. The molecule has 0 N–H and O–H groups in total. The van der Waals surface area contributed by atoms with Crippen LogP contribution in [-0.2, 0) is 0 Å². The summed E-state index contributed by atoms with van der Waals surface area (Å²) in [6.45, 7) is 0. The smallest absolute Gasteiger partial charge is 0.167 e. The number of fused-ring (bicyclic) bond motifs is 2. The molecule has 8 aromatic rings. The van der Waals surface area contributed by atoms with Crippen molar-refractivity contribution in [2.45, 2.75) is 0 Å². The van der Waals surface area contributed by atoms with Gasteiger partial charge in [-0.1, -0.05) is 127 Å². The molecule has 0 aliphatic carbocycles. The van der Waals surface area contributed by atoms with Gasteiger partial charge < -0.3 is 9.64 Å². The third-order valence-corrected chi connectivity index (χ3v) is 8.71. The van der Waals surface area contributed by atoms with E-state index in [9.17, 15) is 0 Å². The van der Waals surface area contributed by atoms with Crippen LogP contribution in [0.2, 0.25) is 0 Å². The first kappa shape index (κ1) is 27.7. The summed E-state index contributed by atoms with van der Waals surface area (Å²) >= 11 is 0. The predicted octanol–water partition coefficient (Wildman–Crippen LogP) is 11.3. The molecule has 5 nitrogen and oxygen atoms in total. The fourth-order valence-electron chi connectivity index (χ4n) is 6.52. The van der Waals surface area contributed by atoms with Crippen LogP contribution >= 0.6 is 0 Å². The van der Waals surface area contributed by atoms with Crippen molar-refractivity contribution in [3.05, 3.63) is 170 Å². The second-order valence-corrected chi connectivity index (χ2v) is 11.6. The quantitative estimate of drug-likeness (QED) is 0.186. The Kier molecular flexibility index (Phi) is 6.72. The minimum Gasteiger partial charge on any atom is -0.455 e. The molecule has 0 saturated carbocycles. The van der Waals surface area contributed by atoms with E-state index in [4.69, 9.17) is 19.7 Å². The number of hydrogen-bond acceptors (Lipinski definition) is 5. The van der Waals surface area contributed by atoms with Gasteiger partial charge in [-0.2, -0.15) is 0 Å². The lowest BCUT2D eigenvalue weighted by molar-refractivity contribution is 0.488. The predicted molar refractivity (Wildman–Crippen MR) is 194 cm³/mol. The van der Waals surface area contributed by atoms with Gasteiger partial charge in [0.05, 0.1) is 11.3 Å². The summed E-state index contributed by atoms with van der Waals surface area (Å²) in [5.41, 5.74) is 8.01. The lowest BCUT2D eigenvalue weighted by Crippen LogP contribution is -2.11. The maximum absolute atomic E-state index is 6.85. The lowest BCUT2D eigenvalue weighted by Gasteiger charge is -2.29. The summed E-state index contributed by atoms with van der Waals surface area (Å²) in [7, 11) is 0. The molecule has 9 rings (SSSR count). The van der Waals surface area contributed by atoms with Crippen molar-refractivity contribution in [1.29, 1.82) is 0 Å². The van der Waals surface area contributed by atoms with Gasteiger partial charge in [0.2, 0.25) is 0 Å². The number of ether oxygens (including phenoxy) is 1. The first-order valence-corrected chi connectivity index (χ1v) is 16.0. The molecule has 0 atom stereocenters. The molecule has 0 amide bonds. The van der Waals surface area contributed by atoms with Gasteiger partial charge in [-0.15, -0.1) is 0 Å². The maximum atomic E-state index is 6.85. The molecule has 0 bridgehead atoms. The Morgan fingerprint density at radius 2 is 0.896 bits per heavy atom. The highest BCUT2D eigenvalue weighted by atomic mass is 16.5. The molecule has 0 unspecified atom stereocenters. The highest BCUT2D eigenvalue weighted by Crippen LogP contribution is 2.52. The molecule has 2 heterocycles. The average Bonchev–Trinajstić information content (AvgIpc) is 3.17. The number of para-hydroxylation sites is 3. The van der Waals surface area contributed by atoms with E-state index in [-0.39, 0.29) is 0 Å². The third-order valence-electron chi connectivity index (χ3n) is 8.71. The summed E-state index contributed by atoms with van der Waals surface area (Å²) in [5, 5.41) is 2.17. The standard InChI is InChI=1S/C43H28N4O/c1-5-15-29(16-6-1)41-44-42(30-17-7-2-8-18-30)46-43(45-41)36-26-14-24-34-33-23-13-25-35-37(27-28-38(39(33)35)48-40(34)36)47(31-19-9-3-10-20-31)32-21-11-4-12-22-32/h1-28H. The van der Waals surface area contributed by atoms with Gasteiger partial charge in [0.15, 0.2) is 17.5 Å². The van der Waals surface area contributed by atoms with Crippen LogP contribution in [0.25, 0.3) is 56.1 Å². The fourth-order valence-corrected chi connectivity index (χ4v) is 6.52. The van der Waals surface area contributed by atoms with Crippen LogP contribution in [0.15, 0.2) is 170 Å². The van der Waals surface area contributed by atoms with Crippen molar-refractivity contribution in [1.82, 2.24) is 15.0 Å². The highest BCUT2D eigenvalue weighted by molar-refractivity contribution is 6.11. The Hall–Kier alpha value is -6.59. The van der Waals surface area contributed by atoms with Crippen molar-refractivity contribution < 1.29 is 4.74 Å². The molecule has 1 aliphatic rings. The van der Waals surface area contributed by atoms with Gasteiger partial charge in [0.25, 0.3) is 0 Å². The maximum Gasteiger partial charge on any atom is 0.167 e. The van der Waals surface area contributed by atoms with Gasteiger partial charge >= 0.3 is 0 Å². The van der Waals surface area contributed by atoms with Gasteiger partial charge in [-0.3, -0.25) is 0 Å². The van der Waals surface area contributed by atoms with Crippen LogP contribution in [0.5, 0.6) is 11.5 Å². The van der Waals surface area contributed by atoms with E-state index in [2.05, 4.69) is 95.9 Å². The second kappa shape index (κ2) is 11.6. The van der Waals surface area contributed by atoms with E-state index < -0.39 is 0 Å². The molecule has 48 heavy (non-hydrogen) atoms. The van der Waals surface area contributed by atoms with Crippen LogP contribution in [0.4, 0.5) is 17.1 Å². The van der Waals surface area contributed by atoms with E-state index in [1.54, 1.807) is 0 Å². The fraction of sp³-hybridized carbons (Fsp3) is 0. The summed E-state index contributed by atoms with van der Waals surface area (Å²) in [6, 6.07) is 57.9. The van der Waals surface area contributed by atoms with Gasteiger partial charge in [0, 0.05) is 38.8 Å². The van der Waals surface area contributed by atoms with Crippen molar-refractivity contribution >= 4 is 27.8 Å². The Morgan fingerprint density at radius 1 is 0.396 bits per heavy atom. The minimum absolute atomic E-state index is 0.561. The van der Waals surface area contributed by atoms with Crippen LogP contribution in [0.1, 0.15) is 0 Å². The largest absolute Gasteiger partial charge is 0.455 e. The number of aromatic nitrogens is 3. The monoisotopic (exact) mass is 616 g/mol. The van der Waals surface area contributed by atoms with Crippen molar-refractivity contribution in [3.63, 3.8) is 0 Å². The zero-order valence-electron chi connectivity index (χ0n) is 25.9. The molecule has 0 spiro atoms. The molecule has 7 aromatic carbocycles. The topological polar surface area (TPSA) is 51.1 Å². The number of anilines is 3. The lowest BCUT2D eigenvalue weighted by atomic mass is 9.92. The van der Waals surface area contributed by atoms with Crippen LogP contribution in [0, 0.1) is 0 Å². The normalized spacial score (nSPS) is 11.5. The Bertz CT molecular complexity index is 2320. The molecule has 5 heteroatoms. The third kappa shape index (κ3) is 4.77. The first-order valence-electron chi connectivity index (χ1n) is 16.0. The molecule has 1 aliphatic heterocycles. The molecule has 226 valence electrons. The average molecular weight is 617 g/mol. The zero-order valence-corrected chi connectivity index (χ0v) is 25.9. The van der Waals surface area contributed by atoms with E-state index in [0.717, 1.165) is 67.2 Å². The first-order chi connectivity index (χ1) is 23.8. The molecule has 0 fully saturated rings. The Balaban J connectivity index is 1.23. The minimum atomic E-state index is 0.561. The molecule has 0 radical (unpaired) electrons. The Labute approximate surface area is 278 Å². The molecule has 1 aromatic heterocycles. The summed E-state index contributed by atoms with van der Waals surface area (Å²) in [4.78, 5) is 17.2. The van der Waals surface area contributed by atoms with E-state index >= 15 is 0 Å².